The minimum absolute atomic E-state index is 0.196. The van der Waals surface area contributed by atoms with E-state index in [4.69, 9.17) is 4.74 Å². The third-order valence-electron chi connectivity index (χ3n) is 5.08. The van der Waals surface area contributed by atoms with E-state index in [0.717, 1.165) is 12.0 Å². The Morgan fingerprint density at radius 3 is 2.63 bits per heavy atom. The van der Waals surface area contributed by atoms with Crippen molar-refractivity contribution in [3.8, 4) is 5.88 Å². The maximum Gasteiger partial charge on any atom is 0.272 e. The number of aromatic nitrogens is 2. The molecule has 1 fully saturated rings. The molecule has 1 saturated heterocycles. The van der Waals surface area contributed by atoms with Crippen molar-refractivity contribution < 1.29 is 17.9 Å². The standard InChI is InChI=1S/C17H29N5O4S/c1-3-4-13-27(24,25)21-9-7-20(8-10-21)6-5-18-16(23)15-14(2)17-22(19-15)11-12-26-17/h3-13H2,1-2H3,(H,18,23). The number of sulfonamides is 1. The molecule has 1 aromatic heterocycles. The van der Waals surface area contributed by atoms with Gasteiger partial charge in [-0.15, -0.1) is 0 Å². The molecule has 1 aromatic rings. The summed E-state index contributed by atoms with van der Waals surface area (Å²) in [5.41, 5.74) is 1.19. The fraction of sp³-hybridized carbons (Fsp3) is 0.765. The van der Waals surface area contributed by atoms with Gasteiger partial charge in [0.25, 0.3) is 5.91 Å². The minimum atomic E-state index is -3.13. The molecule has 152 valence electrons. The first-order valence-electron chi connectivity index (χ1n) is 9.61. The molecule has 0 unspecified atom stereocenters. The largest absolute Gasteiger partial charge is 0.476 e. The van der Waals surface area contributed by atoms with Crippen LogP contribution in [0.5, 0.6) is 5.88 Å². The van der Waals surface area contributed by atoms with Gasteiger partial charge in [-0.1, -0.05) is 13.3 Å². The molecule has 0 saturated carbocycles. The summed E-state index contributed by atoms with van der Waals surface area (Å²) in [6.07, 6.45) is 1.58. The van der Waals surface area contributed by atoms with E-state index in [1.807, 2.05) is 13.8 Å². The highest BCUT2D eigenvalue weighted by Crippen LogP contribution is 2.25. The molecule has 0 atom stereocenters. The van der Waals surface area contributed by atoms with Crippen LogP contribution in [0, 0.1) is 6.92 Å². The van der Waals surface area contributed by atoms with Gasteiger partial charge in [0, 0.05) is 44.8 Å². The number of rotatable bonds is 8. The fourth-order valence-corrected chi connectivity index (χ4v) is 5.04. The summed E-state index contributed by atoms with van der Waals surface area (Å²) < 4.78 is 33.3. The van der Waals surface area contributed by atoms with E-state index in [1.54, 1.807) is 8.99 Å². The molecular weight excluding hydrogens is 370 g/mol. The van der Waals surface area contributed by atoms with Crippen LogP contribution in [0.1, 0.15) is 35.8 Å². The lowest BCUT2D eigenvalue weighted by atomic mass is 10.2. The Morgan fingerprint density at radius 2 is 1.96 bits per heavy atom. The second kappa shape index (κ2) is 8.57. The van der Waals surface area contributed by atoms with E-state index >= 15 is 0 Å². The summed E-state index contributed by atoms with van der Waals surface area (Å²) in [4.78, 5) is 14.5. The van der Waals surface area contributed by atoms with Gasteiger partial charge in [0.15, 0.2) is 5.69 Å². The molecule has 9 nitrogen and oxygen atoms in total. The Kier molecular flexibility index (Phi) is 6.38. The predicted octanol–water partition coefficient (Wildman–Crippen LogP) is 0.0612. The Bertz CT molecular complexity index is 769. The second-order valence-corrected chi connectivity index (χ2v) is 9.10. The second-order valence-electron chi connectivity index (χ2n) is 7.02. The molecule has 0 aliphatic carbocycles. The molecule has 3 heterocycles. The monoisotopic (exact) mass is 399 g/mol. The van der Waals surface area contributed by atoms with Crippen molar-refractivity contribution in [2.24, 2.45) is 0 Å². The Labute approximate surface area is 160 Å². The normalized spacial score (nSPS) is 18.3. The van der Waals surface area contributed by atoms with Crippen molar-refractivity contribution in [2.45, 2.75) is 33.2 Å². The summed E-state index contributed by atoms with van der Waals surface area (Å²) in [6.45, 7) is 8.72. The number of carbonyl (C=O) groups excluding carboxylic acids is 1. The number of amides is 1. The van der Waals surface area contributed by atoms with E-state index in [-0.39, 0.29) is 11.7 Å². The van der Waals surface area contributed by atoms with Crippen LogP contribution in [0.2, 0.25) is 0 Å². The molecule has 0 aromatic carbocycles. The SMILES string of the molecule is CCCCS(=O)(=O)N1CCN(CCNC(=O)c2nn3c(c2C)OCC3)CC1. The molecule has 0 bridgehead atoms. The van der Waals surface area contributed by atoms with Crippen molar-refractivity contribution in [1.29, 1.82) is 0 Å². The first-order chi connectivity index (χ1) is 12.9. The van der Waals surface area contributed by atoms with Crippen LogP contribution in [0.25, 0.3) is 0 Å². The van der Waals surface area contributed by atoms with Gasteiger partial charge >= 0.3 is 0 Å². The van der Waals surface area contributed by atoms with E-state index in [1.165, 1.54) is 0 Å². The Balaban J connectivity index is 1.41. The van der Waals surface area contributed by atoms with Crippen LogP contribution in [0.3, 0.4) is 0 Å². The van der Waals surface area contributed by atoms with Gasteiger partial charge in [0.2, 0.25) is 15.9 Å². The highest BCUT2D eigenvalue weighted by molar-refractivity contribution is 7.89. The molecule has 0 radical (unpaired) electrons. The molecule has 27 heavy (non-hydrogen) atoms. The summed E-state index contributed by atoms with van der Waals surface area (Å²) in [5.74, 6) is 0.719. The first-order valence-corrected chi connectivity index (χ1v) is 11.2. The smallest absolute Gasteiger partial charge is 0.272 e. The number of carbonyl (C=O) groups is 1. The summed E-state index contributed by atoms with van der Waals surface area (Å²) in [7, 11) is -3.13. The van der Waals surface area contributed by atoms with Gasteiger partial charge < -0.3 is 10.1 Å². The maximum absolute atomic E-state index is 12.3. The van der Waals surface area contributed by atoms with Gasteiger partial charge in [-0.25, -0.2) is 13.1 Å². The lowest BCUT2D eigenvalue weighted by Gasteiger charge is -2.33. The van der Waals surface area contributed by atoms with E-state index in [2.05, 4.69) is 15.3 Å². The average molecular weight is 400 g/mol. The highest BCUT2D eigenvalue weighted by atomic mass is 32.2. The van der Waals surface area contributed by atoms with Crippen molar-refractivity contribution in [2.75, 3.05) is 51.6 Å². The number of fused-ring (bicyclic) bond motifs is 1. The molecular formula is C17H29N5O4S. The Hall–Kier alpha value is -1.65. The molecule has 1 amide bonds. The lowest BCUT2D eigenvalue weighted by Crippen LogP contribution is -2.50. The molecule has 10 heteroatoms. The van der Waals surface area contributed by atoms with Gasteiger partial charge in [0.05, 0.1) is 12.3 Å². The number of nitrogens with zero attached hydrogens (tertiary/aromatic N) is 4. The number of piperazine rings is 1. The number of unbranched alkanes of at least 4 members (excludes halogenated alkanes) is 1. The Morgan fingerprint density at radius 1 is 1.22 bits per heavy atom. The van der Waals surface area contributed by atoms with Crippen LogP contribution in [-0.4, -0.2) is 84.9 Å². The molecule has 3 rings (SSSR count). The average Bonchev–Trinajstić information content (AvgIpc) is 3.23. The molecule has 0 spiro atoms. The number of hydrogen-bond donors (Lipinski definition) is 1. The van der Waals surface area contributed by atoms with E-state index < -0.39 is 10.0 Å². The number of ether oxygens (including phenoxy) is 1. The van der Waals surface area contributed by atoms with Crippen LogP contribution < -0.4 is 10.1 Å². The van der Waals surface area contributed by atoms with Crippen molar-refractivity contribution in [3.63, 3.8) is 0 Å². The quantitative estimate of drug-likeness (QED) is 0.664. The third kappa shape index (κ3) is 4.61. The van der Waals surface area contributed by atoms with Crippen LogP contribution in [0.15, 0.2) is 0 Å². The maximum atomic E-state index is 12.3. The fourth-order valence-electron chi connectivity index (χ4n) is 3.41. The van der Waals surface area contributed by atoms with Crippen molar-refractivity contribution >= 4 is 15.9 Å². The van der Waals surface area contributed by atoms with Gasteiger partial charge in [-0.3, -0.25) is 9.69 Å². The topological polar surface area (TPSA) is 96.8 Å². The lowest BCUT2D eigenvalue weighted by molar-refractivity contribution is 0.0938. The van der Waals surface area contributed by atoms with E-state index in [0.29, 0.717) is 70.4 Å². The zero-order chi connectivity index (χ0) is 19.4. The van der Waals surface area contributed by atoms with Crippen molar-refractivity contribution in [3.05, 3.63) is 11.3 Å². The number of nitrogens with one attached hydrogen (secondary N) is 1. The molecule has 2 aliphatic heterocycles. The van der Waals surface area contributed by atoms with E-state index in [9.17, 15) is 13.2 Å². The first kappa shape index (κ1) is 20.1. The summed E-state index contributed by atoms with van der Waals surface area (Å²) >= 11 is 0. The van der Waals surface area contributed by atoms with Gasteiger partial charge in [0.1, 0.15) is 6.61 Å². The predicted molar refractivity (Wildman–Crippen MR) is 102 cm³/mol. The highest BCUT2D eigenvalue weighted by Gasteiger charge is 2.27. The van der Waals surface area contributed by atoms with Crippen LogP contribution >= 0.6 is 0 Å². The van der Waals surface area contributed by atoms with Crippen LogP contribution in [-0.2, 0) is 16.6 Å². The zero-order valence-corrected chi connectivity index (χ0v) is 16.9. The minimum Gasteiger partial charge on any atom is -0.476 e. The molecule has 1 N–H and O–H groups in total. The van der Waals surface area contributed by atoms with Gasteiger partial charge in [-0.05, 0) is 13.3 Å². The third-order valence-corrected chi connectivity index (χ3v) is 7.04. The number of hydrogen-bond acceptors (Lipinski definition) is 6. The summed E-state index contributed by atoms with van der Waals surface area (Å²) in [5, 5.41) is 7.21. The van der Waals surface area contributed by atoms with Crippen LogP contribution in [0.4, 0.5) is 0 Å². The van der Waals surface area contributed by atoms with Gasteiger partial charge in [-0.2, -0.15) is 9.40 Å². The van der Waals surface area contributed by atoms with Crippen molar-refractivity contribution in [1.82, 2.24) is 24.3 Å². The zero-order valence-electron chi connectivity index (χ0n) is 16.1. The summed E-state index contributed by atoms with van der Waals surface area (Å²) in [6, 6.07) is 0. The molecule has 2 aliphatic rings.